The summed E-state index contributed by atoms with van der Waals surface area (Å²) in [6.45, 7) is 5.73. The lowest BCUT2D eigenvalue weighted by molar-refractivity contribution is 0.0394. The van der Waals surface area contributed by atoms with Crippen molar-refractivity contribution in [3.63, 3.8) is 0 Å². The number of hydrogen-bond acceptors (Lipinski definition) is 3. The molecule has 0 heterocycles. The third-order valence-corrected chi connectivity index (χ3v) is 3.24. The molecular formula is C12H18BrNO2. The van der Waals surface area contributed by atoms with E-state index in [0.717, 1.165) is 0 Å². The van der Waals surface area contributed by atoms with Gasteiger partial charge in [0, 0.05) is 5.56 Å². The maximum absolute atomic E-state index is 10.1. The van der Waals surface area contributed by atoms with Gasteiger partial charge in [0.15, 0.2) is 0 Å². The van der Waals surface area contributed by atoms with Gasteiger partial charge in [0.1, 0.15) is 5.75 Å². The number of rotatable bonds is 2. The van der Waals surface area contributed by atoms with E-state index in [0.29, 0.717) is 10.0 Å². The van der Waals surface area contributed by atoms with Crippen LogP contribution in [-0.2, 0) is 0 Å². The minimum Gasteiger partial charge on any atom is -0.506 e. The zero-order valence-electron chi connectivity index (χ0n) is 9.74. The SMILES string of the molecule is CC(C)(C)[C@@H](O)[C@@H](N)c1cccc(Br)c1O. The second-order valence-electron chi connectivity index (χ2n) is 5.01. The minimum absolute atomic E-state index is 0.0956. The standard InChI is InChI=1S/C12H18BrNO2/c1-12(2,3)11(16)9(14)7-5-4-6-8(13)10(7)15/h4-6,9,11,15-16H,14H2,1-3H3/t9-,11-/m0/s1. The van der Waals surface area contributed by atoms with Crippen LogP contribution in [0, 0.1) is 5.41 Å². The molecule has 0 saturated heterocycles. The molecule has 0 aliphatic carbocycles. The van der Waals surface area contributed by atoms with Crippen LogP contribution in [0.3, 0.4) is 0 Å². The molecule has 4 heteroatoms. The van der Waals surface area contributed by atoms with Crippen LogP contribution < -0.4 is 5.73 Å². The van der Waals surface area contributed by atoms with E-state index in [-0.39, 0.29) is 11.2 Å². The molecule has 1 rings (SSSR count). The molecule has 1 aromatic rings. The van der Waals surface area contributed by atoms with Crippen LogP contribution >= 0.6 is 15.9 Å². The van der Waals surface area contributed by atoms with Gasteiger partial charge < -0.3 is 15.9 Å². The van der Waals surface area contributed by atoms with Gasteiger partial charge in [-0.2, -0.15) is 0 Å². The smallest absolute Gasteiger partial charge is 0.134 e. The highest BCUT2D eigenvalue weighted by molar-refractivity contribution is 9.10. The Hall–Kier alpha value is -0.580. The number of phenols is 1. The lowest BCUT2D eigenvalue weighted by Gasteiger charge is -2.31. The Morgan fingerprint density at radius 1 is 1.31 bits per heavy atom. The summed E-state index contributed by atoms with van der Waals surface area (Å²) < 4.78 is 0.585. The largest absolute Gasteiger partial charge is 0.506 e. The van der Waals surface area contributed by atoms with Gasteiger partial charge in [0.05, 0.1) is 16.6 Å². The molecule has 0 fully saturated rings. The van der Waals surface area contributed by atoms with Crippen molar-refractivity contribution in [1.29, 1.82) is 0 Å². The summed E-state index contributed by atoms with van der Waals surface area (Å²) in [6, 6.07) is 4.64. The highest BCUT2D eigenvalue weighted by Gasteiger charge is 2.30. The first kappa shape index (κ1) is 13.5. The Balaban J connectivity index is 3.06. The molecule has 1 aromatic carbocycles. The van der Waals surface area contributed by atoms with E-state index >= 15 is 0 Å². The number of nitrogens with two attached hydrogens (primary N) is 1. The van der Waals surface area contributed by atoms with Crippen molar-refractivity contribution in [2.45, 2.75) is 32.9 Å². The number of aromatic hydroxyl groups is 1. The van der Waals surface area contributed by atoms with Crippen molar-refractivity contribution in [3.8, 4) is 5.75 Å². The zero-order valence-corrected chi connectivity index (χ0v) is 11.3. The van der Waals surface area contributed by atoms with Crippen LogP contribution in [0.4, 0.5) is 0 Å². The summed E-state index contributed by atoms with van der Waals surface area (Å²) >= 11 is 3.23. The highest BCUT2D eigenvalue weighted by atomic mass is 79.9. The van der Waals surface area contributed by atoms with Gasteiger partial charge >= 0.3 is 0 Å². The van der Waals surface area contributed by atoms with Gasteiger partial charge in [0.25, 0.3) is 0 Å². The molecule has 90 valence electrons. The number of aliphatic hydroxyl groups is 1. The maximum atomic E-state index is 10.1. The van der Waals surface area contributed by atoms with Gasteiger partial charge in [-0.25, -0.2) is 0 Å². The van der Waals surface area contributed by atoms with Crippen molar-refractivity contribution in [2.24, 2.45) is 11.1 Å². The second-order valence-corrected chi connectivity index (χ2v) is 5.87. The lowest BCUT2D eigenvalue weighted by atomic mass is 9.82. The Morgan fingerprint density at radius 3 is 2.38 bits per heavy atom. The Morgan fingerprint density at radius 2 is 1.88 bits per heavy atom. The monoisotopic (exact) mass is 287 g/mol. The molecule has 3 nitrogen and oxygen atoms in total. The fourth-order valence-electron chi connectivity index (χ4n) is 1.51. The van der Waals surface area contributed by atoms with Crippen LogP contribution in [0.1, 0.15) is 32.4 Å². The summed E-state index contributed by atoms with van der Waals surface area (Å²) in [5, 5.41) is 19.9. The summed E-state index contributed by atoms with van der Waals surface area (Å²) in [7, 11) is 0. The van der Waals surface area contributed by atoms with E-state index in [2.05, 4.69) is 15.9 Å². The number of halogens is 1. The van der Waals surface area contributed by atoms with Gasteiger partial charge in [-0.3, -0.25) is 0 Å². The van der Waals surface area contributed by atoms with Crippen LogP contribution in [0.25, 0.3) is 0 Å². The molecule has 0 saturated carbocycles. The number of hydrogen-bond donors (Lipinski definition) is 3. The van der Waals surface area contributed by atoms with Gasteiger partial charge in [-0.1, -0.05) is 32.9 Å². The quantitative estimate of drug-likeness (QED) is 0.783. The first-order valence-electron chi connectivity index (χ1n) is 5.16. The molecule has 0 unspecified atom stereocenters. The van der Waals surface area contributed by atoms with Gasteiger partial charge in [-0.05, 0) is 27.4 Å². The van der Waals surface area contributed by atoms with Crippen LogP contribution in [0.2, 0.25) is 0 Å². The molecule has 16 heavy (non-hydrogen) atoms. The number of aliphatic hydroxyl groups excluding tert-OH is 1. The van der Waals surface area contributed by atoms with E-state index in [4.69, 9.17) is 5.73 Å². The average molecular weight is 288 g/mol. The van der Waals surface area contributed by atoms with Crippen molar-refractivity contribution < 1.29 is 10.2 Å². The molecule has 0 bridgehead atoms. The number of benzene rings is 1. The molecule has 0 aliphatic heterocycles. The predicted octanol–water partition coefficient (Wildman–Crippen LogP) is 2.56. The molecule has 0 aliphatic rings. The maximum Gasteiger partial charge on any atom is 0.134 e. The molecule has 0 radical (unpaired) electrons. The highest BCUT2D eigenvalue weighted by Crippen LogP contribution is 2.35. The molecular weight excluding hydrogens is 270 g/mol. The fourth-order valence-corrected chi connectivity index (χ4v) is 1.89. The first-order chi connectivity index (χ1) is 7.25. The predicted molar refractivity (Wildman–Crippen MR) is 68.2 cm³/mol. The molecule has 0 spiro atoms. The summed E-state index contributed by atoms with van der Waals surface area (Å²) in [4.78, 5) is 0. The Bertz CT molecular complexity index is 374. The average Bonchev–Trinajstić information content (AvgIpc) is 2.18. The second kappa shape index (κ2) is 4.73. The van der Waals surface area contributed by atoms with Gasteiger partial charge in [0.2, 0.25) is 0 Å². The minimum atomic E-state index is -0.715. The molecule has 0 aromatic heterocycles. The summed E-state index contributed by atoms with van der Waals surface area (Å²) in [6.07, 6.45) is -0.715. The van der Waals surface area contributed by atoms with Crippen LogP contribution in [0.5, 0.6) is 5.75 Å². The van der Waals surface area contributed by atoms with Crippen LogP contribution in [-0.4, -0.2) is 16.3 Å². The molecule has 4 N–H and O–H groups in total. The van der Waals surface area contributed by atoms with E-state index in [1.54, 1.807) is 18.2 Å². The topological polar surface area (TPSA) is 66.5 Å². The lowest BCUT2D eigenvalue weighted by Crippen LogP contribution is -2.37. The third-order valence-electron chi connectivity index (χ3n) is 2.60. The van der Waals surface area contributed by atoms with E-state index in [1.165, 1.54) is 0 Å². The van der Waals surface area contributed by atoms with E-state index in [9.17, 15) is 10.2 Å². The van der Waals surface area contributed by atoms with Crippen molar-refractivity contribution in [2.75, 3.05) is 0 Å². The van der Waals surface area contributed by atoms with Crippen LogP contribution in [0.15, 0.2) is 22.7 Å². The number of phenolic OH excluding ortho intramolecular Hbond substituents is 1. The normalized spacial score (nSPS) is 15.9. The number of para-hydroxylation sites is 1. The zero-order chi connectivity index (χ0) is 12.5. The Kier molecular flexibility index (Phi) is 3.99. The van der Waals surface area contributed by atoms with Crippen molar-refractivity contribution >= 4 is 15.9 Å². The third kappa shape index (κ3) is 2.75. The van der Waals surface area contributed by atoms with E-state index in [1.807, 2.05) is 20.8 Å². The molecule has 2 atom stereocenters. The van der Waals surface area contributed by atoms with E-state index < -0.39 is 12.1 Å². The van der Waals surface area contributed by atoms with Crippen molar-refractivity contribution in [3.05, 3.63) is 28.2 Å². The van der Waals surface area contributed by atoms with Crippen molar-refractivity contribution in [1.82, 2.24) is 0 Å². The summed E-state index contributed by atoms with van der Waals surface area (Å²) in [5.41, 5.74) is 6.19. The first-order valence-corrected chi connectivity index (χ1v) is 5.95. The fraction of sp³-hybridized carbons (Fsp3) is 0.500. The summed E-state index contributed by atoms with van der Waals surface area (Å²) in [5.74, 6) is 0.0956. The van der Waals surface area contributed by atoms with Gasteiger partial charge in [-0.15, -0.1) is 0 Å². The molecule has 0 amide bonds. The Labute approximate surface area is 104 Å².